The van der Waals surface area contributed by atoms with Crippen LogP contribution < -0.4 is 10.6 Å². The van der Waals surface area contributed by atoms with Gasteiger partial charge >= 0.3 is 0 Å². The molecule has 2 aliphatic rings. The lowest BCUT2D eigenvalue weighted by Gasteiger charge is -2.48. The molecule has 2 N–H and O–H groups in total. The molecular weight excluding hydrogens is 320 g/mol. The fourth-order valence-electron chi connectivity index (χ4n) is 3.81. The molecule has 25 heavy (non-hydrogen) atoms. The first kappa shape index (κ1) is 20.4. The number of rotatable bonds is 9. The third-order valence-electron chi connectivity index (χ3n) is 5.25. The molecule has 0 amide bonds. The molecule has 0 radical (unpaired) electrons. The van der Waals surface area contributed by atoms with Gasteiger partial charge in [0.2, 0.25) is 0 Å². The normalized spacial score (nSPS) is 21.9. The summed E-state index contributed by atoms with van der Waals surface area (Å²) in [6.07, 6.45) is 6.52. The maximum atomic E-state index is 5.55. The lowest BCUT2D eigenvalue weighted by atomic mass is 9.80. The van der Waals surface area contributed by atoms with E-state index in [9.17, 15) is 0 Å². The zero-order valence-corrected chi connectivity index (χ0v) is 16.0. The van der Waals surface area contributed by atoms with E-state index in [1.165, 1.54) is 32.1 Å². The molecular formula is C18H36N4O3. The van der Waals surface area contributed by atoms with E-state index < -0.39 is 0 Å². The summed E-state index contributed by atoms with van der Waals surface area (Å²) >= 11 is 0. The Morgan fingerprint density at radius 1 is 1.08 bits per heavy atom. The van der Waals surface area contributed by atoms with Gasteiger partial charge in [-0.05, 0) is 12.8 Å². The van der Waals surface area contributed by atoms with Crippen molar-refractivity contribution in [1.29, 1.82) is 0 Å². The monoisotopic (exact) mass is 356 g/mol. The Morgan fingerprint density at radius 2 is 1.84 bits per heavy atom. The number of nitrogens with one attached hydrogen (secondary N) is 2. The van der Waals surface area contributed by atoms with Crippen molar-refractivity contribution in [3.63, 3.8) is 0 Å². The van der Waals surface area contributed by atoms with Crippen LogP contribution in [0, 0.1) is 0 Å². The van der Waals surface area contributed by atoms with Gasteiger partial charge in [0, 0.05) is 45.9 Å². The average Bonchev–Trinajstić information content (AvgIpc) is 2.68. The highest BCUT2D eigenvalue weighted by Gasteiger charge is 2.38. The molecule has 0 aromatic rings. The molecule has 2 fully saturated rings. The number of guanidine groups is 1. The van der Waals surface area contributed by atoms with E-state index >= 15 is 0 Å². The minimum Gasteiger partial charge on any atom is -0.382 e. The van der Waals surface area contributed by atoms with Gasteiger partial charge in [-0.3, -0.25) is 9.89 Å². The van der Waals surface area contributed by atoms with Gasteiger partial charge in [0.15, 0.2) is 5.96 Å². The minimum absolute atomic E-state index is 0.245. The topological polar surface area (TPSA) is 67.4 Å². The van der Waals surface area contributed by atoms with Gasteiger partial charge in [-0.25, -0.2) is 0 Å². The molecule has 7 nitrogen and oxygen atoms in total. The van der Waals surface area contributed by atoms with E-state index in [0.29, 0.717) is 19.8 Å². The van der Waals surface area contributed by atoms with E-state index in [4.69, 9.17) is 14.2 Å². The molecule has 1 saturated heterocycles. The lowest BCUT2D eigenvalue weighted by molar-refractivity contribution is -0.0352. The Hall–Kier alpha value is -0.890. The quantitative estimate of drug-likeness (QED) is 0.363. The molecule has 0 aromatic heterocycles. The van der Waals surface area contributed by atoms with Crippen molar-refractivity contribution in [3.8, 4) is 0 Å². The molecule has 0 aromatic carbocycles. The molecule has 7 heteroatoms. The summed E-state index contributed by atoms with van der Waals surface area (Å²) in [5.74, 6) is 0.855. The molecule has 0 unspecified atom stereocenters. The van der Waals surface area contributed by atoms with Crippen molar-refractivity contribution in [1.82, 2.24) is 15.5 Å². The van der Waals surface area contributed by atoms with Crippen molar-refractivity contribution in [3.05, 3.63) is 0 Å². The summed E-state index contributed by atoms with van der Waals surface area (Å²) in [4.78, 5) is 7.00. The maximum Gasteiger partial charge on any atom is 0.191 e. The molecule has 0 bridgehead atoms. The van der Waals surface area contributed by atoms with Crippen LogP contribution in [0.25, 0.3) is 0 Å². The van der Waals surface area contributed by atoms with Gasteiger partial charge in [-0.2, -0.15) is 0 Å². The van der Waals surface area contributed by atoms with Crippen LogP contribution in [0.1, 0.15) is 32.1 Å². The third kappa shape index (κ3) is 6.73. The minimum atomic E-state index is 0.245. The van der Waals surface area contributed by atoms with Crippen molar-refractivity contribution >= 4 is 5.96 Å². The first-order valence-electron chi connectivity index (χ1n) is 9.65. The molecule has 1 aliphatic carbocycles. The van der Waals surface area contributed by atoms with E-state index in [2.05, 4.69) is 20.5 Å². The SMILES string of the molecule is CN=C(NCCOCCOC)NCC1(N2CCOCC2)CCCCC1. The second-order valence-corrected chi connectivity index (χ2v) is 6.84. The Bertz CT molecular complexity index is 381. The number of hydrogen-bond donors (Lipinski definition) is 2. The molecule has 0 atom stereocenters. The number of morpholine rings is 1. The zero-order chi connectivity index (χ0) is 17.8. The van der Waals surface area contributed by atoms with Gasteiger partial charge < -0.3 is 24.8 Å². The highest BCUT2D eigenvalue weighted by molar-refractivity contribution is 5.79. The molecule has 1 aliphatic heterocycles. The van der Waals surface area contributed by atoms with Gasteiger partial charge in [0.25, 0.3) is 0 Å². The summed E-state index contributed by atoms with van der Waals surface area (Å²) in [6, 6.07) is 0. The molecule has 1 saturated carbocycles. The van der Waals surface area contributed by atoms with E-state index in [1.807, 2.05) is 7.05 Å². The van der Waals surface area contributed by atoms with E-state index in [-0.39, 0.29) is 5.54 Å². The van der Waals surface area contributed by atoms with Crippen LogP contribution in [-0.2, 0) is 14.2 Å². The van der Waals surface area contributed by atoms with Crippen LogP contribution in [0.2, 0.25) is 0 Å². The first-order chi connectivity index (χ1) is 12.3. The smallest absolute Gasteiger partial charge is 0.191 e. The summed E-state index contributed by atoms with van der Waals surface area (Å²) in [7, 11) is 3.51. The van der Waals surface area contributed by atoms with Crippen LogP contribution in [0.4, 0.5) is 0 Å². The Morgan fingerprint density at radius 3 is 2.52 bits per heavy atom. The van der Waals surface area contributed by atoms with Crippen LogP contribution in [0.5, 0.6) is 0 Å². The summed E-state index contributed by atoms with van der Waals surface area (Å²) < 4.78 is 16.0. The first-order valence-corrected chi connectivity index (χ1v) is 9.65. The highest BCUT2D eigenvalue weighted by atomic mass is 16.5. The van der Waals surface area contributed by atoms with Gasteiger partial charge in [-0.15, -0.1) is 0 Å². The molecule has 146 valence electrons. The highest BCUT2D eigenvalue weighted by Crippen LogP contribution is 2.33. The Labute approximate surface area is 152 Å². The van der Waals surface area contributed by atoms with Crippen LogP contribution in [-0.4, -0.2) is 89.8 Å². The number of ether oxygens (including phenoxy) is 3. The van der Waals surface area contributed by atoms with Gasteiger partial charge in [0.05, 0.1) is 33.0 Å². The fraction of sp³-hybridized carbons (Fsp3) is 0.944. The number of methoxy groups -OCH3 is 1. The number of aliphatic imine (C=N–C) groups is 1. The molecule has 2 rings (SSSR count). The second kappa shape index (κ2) is 11.7. The molecule has 0 spiro atoms. The van der Waals surface area contributed by atoms with Crippen molar-refractivity contribution in [2.45, 2.75) is 37.6 Å². The standard InChI is InChI=1S/C18H36N4O3/c1-19-17(20-8-11-24-15-14-23-2)21-16-18(6-4-3-5-7-18)22-9-12-25-13-10-22/h3-16H2,1-2H3,(H2,19,20,21). The molecule has 1 heterocycles. The van der Waals surface area contributed by atoms with E-state index in [0.717, 1.165) is 45.4 Å². The van der Waals surface area contributed by atoms with Gasteiger partial charge in [-0.1, -0.05) is 19.3 Å². The summed E-state index contributed by atoms with van der Waals surface area (Å²) in [5.41, 5.74) is 0.245. The zero-order valence-electron chi connectivity index (χ0n) is 16.0. The van der Waals surface area contributed by atoms with Crippen LogP contribution in [0.3, 0.4) is 0 Å². The summed E-state index contributed by atoms with van der Waals surface area (Å²) in [6.45, 7) is 7.40. The second-order valence-electron chi connectivity index (χ2n) is 6.84. The predicted molar refractivity (Wildman–Crippen MR) is 100 cm³/mol. The maximum absolute atomic E-state index is 5.55. The van der Waals surface area contributed by atoms with Crippen LogP contribution in [0.15, 0.2) is 4.99 Å². The van der Waals surface area contributed by atoms with Crippen LogP contribution >= 0.6 is 0 Å². The predicted octanol–water partition coefficient (Wildman–Crippen LogP) is 0.850. The van der Waals surface area contributed by atoms with Crippen molar-refractivity contribution < 1.29 is 14.2 Å². The van der Waals surface area contributed by atoms with Gasteiger partial charge in [0.1, 0.15) is 0 Å². The fourth-order valence-corrected chi connectivity index (χ4v) is 3.81. The number of nitrogens with zero attached hydrogens (tertiary/aromatic N) is 2. The number of hydrogen-bond acceptors (Lipinski definition) is 5. The Kier molecular flexibility index (Phi) is 9.54. The average molecular weight is 357 g/mol. The van der Waals surface area contributed by atoms with Crippen molar-refractivity contribution in [2.75, 3.05) is 73.4 Å². The largest absolute Gasteiger partial charge is 0.382 e. The Balaban J connectivity index is 1.77. The summed E-state index contributed by atoms with van der Waals surface area (Å²) in [5, 5.41) is 6.89. The van der Waals surface area contributed by atoms with Crippen molar-refractivity contribution in [2.24, 2.45) is 4.99 Å². The third-order valence-corrected chi connectivity index (χ3v) is 5.25. The van der Waals surface area contributed by atoms with E-state index in [1.54, 1.807) is 7.11 Å². The lowest BCUT2D eigenvalue weighted by Crippen LogP contribution is -2.60.